The fourth-order valence-corrected chi connectivity index (χ4v) is 5.28. The monoisotopic (exact) mass is 375 g/mol. The molecule has 2 aliphatic carbocycles. The zero-order chi connectivity index (χ0) is 14.7. The smallest absolute Gasteiger partial charge is 0.0835 e. The van der Waals surface area contributed by atoms with Crippen molar-refractivity contribution in [3.63, 3.8) is 0 Å². The van der Waals surface area contributed by atoms with E-state index in [1.165, 1.54) is 19.3 Å². The van der Waals surface area contributed by atoms with Gasteiger partial charge < -0.3 is 5.32 Å². The normalized spacial score (nSPS) is 34.5. The molecule has 3 rings (SSSR count). The molecule has 2 fully saturated rings. The molecule has 0 aromatic heterocycles. The zero-order valence-electron chi connectivity index (χ0n) is 12.1. The van der Waals surface area contributed by atoms with Crippen LogP contribution >= 0.6 is 39.1 Å². The van der Waals surface area contributed by atoms with Crippen LogP contribution in [0.15, 0.2) is 16.6 Å². The third-order valence-corrected chi connectivity index (χ3v) is 7.38. The molecule has 110 valence electrons. The summed E-state index contributed by atoms with van der Waals surface area (Å²) in [5.41, 5.74) is 1.62. The Hall–Kier alpha value is 0.0800. The van der Waals surface area contributed by atoms with Gasteiger partial charge in [-0.05, 0) is 64.1 Å². The van der Waals surface area contributed by atoms with E-state index in [4.69, 9.17) is 23.2 Å². The van der Waals surface area contributed by atoms with Crippen molar-refractivity contribution in [2.75, 3.05) is 5.32 Å². The largest absolute Gasteiger partial charge is 0.380 e. The van der Waals surface area contributed by atoms with Crippen LogP contribution in [-0.2, 0) is 0 Å². The number of benzene rings is 1. The zero-order valence-corrected chi connectivity index (χ0v) is 15.2. The van der Waals surface area contributed by atoms with Gasteiger partial charge in [-0.1, -0.05) is 44.0 Å². The van der Waals surface area contributed by atoms with Gasteiger partial charge in [0.05, 0.1) is 15.7 Å². The molecule has 0 spiro atoms. The molecule has 4 heteroatoms. The standard InChI is InChI=1S/C16H20BrCl2N/c1-15(2)9-6-7-16(3,8-9)14(15)20-11-5-4-10(17)12(18)13(11)19/h4-5,9,14,20H,6-8H2,1-3H3. The van der Waals surface area contributed by atoms with E-state index in [2.05, 4.69) is 42.0 Å². The van der Waals surface area contributed by atoms with Gasteiger partial charge in [0.2, 0.25) is 0 Å². The Kier molecular flexibility index (Phi) is 3.59. The highest BCUT2D eigenvalue weighted by Crippen LogP contribution is 2.63. The highest BCUT2D eigenvalue weighted by Gasteiger charge is 2.59. The Bertz CT molecular complexity index is 553. The lowest BCUT2D eigenvalue weighted by Crippen LogP contribution is -2.45. The van der Waals surface area contributed by atoms with E-state index in [1.807, 2.05) is 12.1 Å². The van der Waals surface area contributed by atoms with Crippen LogP contribution in [-0.4, -0.2) is 6.04 Å². The average molecular weight is 377 g/mol. The first-order valence-corrected chi connectivity index (χ1v) is 8.70. The van der Waals surface area contributed by atoms with Crippen molar-refractivity contribution in [1.29, 1.82) is 0 Å². The van der Waals surface area contributed by atoms with Crippen molar-refractivity contribution in [2.45, 2.75) is 46.1 Å². The minimum atomic E-state index is 0.301. The van der Waals surface area contributed by atoms with Crippen molar-refractivity contribution in [3.8, 4) is 0 Å². The minimum Gasteiger partial charge on any atom is -0.380 e. The van der Waals surface area contributed by atoms with E-state index in [1.54, 1.807) is 0 Å². The quantitative estimate of drug-likeness (QED) is 0.590. The SMILES string of the molecule is CC12CCC(C1)C(C)(C)C2Nc1ccc(Br)c(Cl)c1Cl. The Balaban J connectivity index is 1.94. The van der Waals surface area contributed by atoms with Gasteiger partial charge in [-0.3, -0.25) is 0 Å². The van der Waals surface area contributed by atoms with Gasteiger partial charge in [0.15, 0.2) is 0 Å². The van der Waals surface area contributed by atoms with Crippen LogP contribution in [0.2, 0.25) is 10.0 Å². The molecule has 1 aromatic rings. The van der Waals surface area contributed by atoms with Crippen LogP contribution in [0.5, 0.6) is 0 Å². The molecule has 2 aliphatic rings. The van der Waals surface area contributed by atoms with Gasteiger partial charge in [0.1, 0.15) is 0 Å². The number of halogens is 3. The molecule has 3 atom stereocenters. The van der Waals surface area contributed by atoms with E-state index in [0.29, 0.717) is 26.9 Å². The van der Waals surface area contributed by atoms with E-state index >= 15 is 0 Å². The Morgan fingerprint density at radius 3 is 2.50 bits per heavy atom. The molecule has 2 bridgehead atoms. The van der Waals surface area contributed by atoms with Crippen LogP contribution in [0.3, 0.4) is 0 Å². The maximum absolute atomic E-state index is 6.39. The third-order valence-electron chi connectivity index (χ3n) is 5.60. The molecule has 0 amide bonds. The number of anilines is 1. The highest BCUT2D eigenvalue weighted by molar-refractivity contribution is 9.10. The van der Waals surface area contributed by atoms with Gasteiger partial charge in [-0.2, -0.15) is 0 Å². The second kappa shape index (κ2) is 4.79. The second-order valence-corrected chi connectivity index (χ2v) is 8.83. The highest BCUT2D eigenvalue weighted by atomic mass is 79.9. The van der Waals surface area contributed by atoms with Crippen LogP contribution in [0, 0.1) is 16.7 Å². The van der Waals surface area contributed by atoms with Gasteiger partial charge in [-0.25, -0.2) is 0 Å². The maximum atomic E-state index is 6.39. The first-order chi connectivity index (χ1) is 9.25. The van der Waals surface area contributed by atoms with Crippen molar-refractivity contribution in [3.05, 3.63) is 26.7 Å². The average Bonchev–Trinajstić information content (AvgIpc) is 2.85. The number of fused-ring (bicyclic) bond motifs is 2. The molecule has 0 aliphatic heterocycles. The molecule has 20 heavy (non-hydrogen) atoms. The van der Waals surface area contributed by atoms with E-state index in [0.717, 1.165) is 16.1 Å². The lowest BCUT2D eigenvalue weighted by Gasteiger charge is -2.43. The Labute approximate surface area is 139 Å². The molecule has 1 N–H and O–H groups in total. The molecule has 2 saturated carbocycles. The molecule has 1 nitrogen and oxygen atoms in total. The summed E-state index contributed by atoms with van der Waals surface area (Å²) in [6.07, 6.45) is 3.98. The maximum Gasteiger partial charge on any atom is 0.0835 e. The number of hydrogen-bond acceptors (Lipinski definition) is 1. The molecule has 0 radical (unpaired) electrons. The minimum absolute atomic E-state index is 0.301. The van der Waals surface area contributed by atoms with Gasteiger partial charge in [-0.15, -0.1) is 0 Å². The molecular formula is C16H20BrCl2N. The molecule has 3 unspecified atom stereocenters. The van der Waals surface area contributed by atoms with Crippen LogP contribution in [0.25, 0.3) is 0 Å². The van der Waals surface area contributed by atoms with E-state index < -0.39 is 0 Å². The predicted octanol–water partition coefficient (Wildman–Crippen LogP) is 6.38. The van der Waals surface area contributed by atoms with E-state index in [9.17, 15) is 0 Å². The summed E-state index contributed by atoms with van der Waals surface area (Å²) in [4.78, 5) is 0. The first kappa shape index (κ1) is 15.0. The summed E-state index contributed by atoms with van der Waals surface area (Å²) >= 11 is 16.0. The van der Waals surface area contributed by atoms with Crippen molar-refractivity contribution >= 4 is 44.8 Å². The number of rotatable bonds is 2. The van der Waals surface area contributed by atoms with E-state index in [-0.39, 0.29) is 0 Å². The second-order valence-electron chi connectivity index (χ2n) is 7.22. The predicted molar refractivity (Wildman–Crippen MR) is 90.8 cm³/mol. The topological polar surface area (TPSA) is 12.0 Å². The fraction of sp³-hybridized carbons (Fsp3) is 0.625. The van der Waals surface area contributed by atoms with Crippen LogP contribution in [0.4, 0.5) is 5.69 Å². The number of nitrogens with one attached hydrogen (secondary N) is 1. The molecule has 1 aromatic carbocycles. The van der Waals surface area contributed by atoms with Crippen molar-refractivity contribution in [2.24, 2.45) is 16.7 Å². The lowest BCUT2D eigenvalue weighted by atomic mass is 9.68. The van der Waals surface area contributed by atoms with Gasteiger partial charge in [0, 0.05) is 10.5 Å². The summed E-state index contributed by atoms with van der Waals surface area (Å²) in [6, 6.07) is 4.42. The summed E-state index contributed by atoms with van der Waals surface area (Å²) < 4.78 is 0.841. The van der Waals surface area contributed by atoms with Crippen LogP contribution in [0.1, 0.15) is 40.0 Å². The molecular weight excluding hydrogens is 357 g/mol. The number of hydrogen-bond donors (Lipinski definition) is 1. The Morgan fingerprint density at radius 1 is 1.20 bits per heavy atom. The van der Waals surface area contributed by atoms with Gasteiger partial charge in [0.25, 0.3) is 0 Å². The summed E-state index contributed by atoms with van der Waals surface area (Å²) in [6.45, 7) is 7.18. The lowest BCUT2D eigenvalue weighted by molar-refractivity contribution is 0.155. The van der Waals surface area contributed by atoms with Crippen LogP contribution < -0.4 is 5.32 Å². The summed E-state index contributed by atoms with van der Waals surface area (Å²) in [5, 5.41) is 4.90. The molecule has 0 saturated heterocycles. The van der Waals surface area contributed by atoms with Crippen molar-refractivity contribution in [1.82, 2.24) is 0 Å². The molecule has 0 heterocycles. The first-order valence-electron chi connectivity index (χ1n) is 7.16. The summed E-state index contributed by atoms with van der Waals surface area (Å²) in [7, 11) is 0. The third kappa shape index (κ3) is 2.10. The van der Waals surface area contributed by atoms with Gasteiger partial charge >= 0.3 is 0 Å². The Morgan fingerprint density at radius 2 is 1.90 bits per heavy atom. The summed E-state index contributed by atoms with van der Waals surface area (Å²) in [5.74, 6) is 0.815. The van der Waals surface area contributed by atoms with Crippen molar-refractivity contribution < 1.29 is 0 Å². The fourth-order valence-electron chi connectivity index (χ4n) is 4.46.